The van der Waals surface area contributed by atoms with E-state index in [2.05, 4.69) is 4.90 Å². The third kappa shape index (κ3) is 3.47. The average Bonchev–Trinajstić information content (AvgIpc) is 3.23. The van der Waals surface area contributed by atoms with Crippen LogP contribution in [0.15, 0.2) is 30.3 Å². The van der Waals surface area contributed by atoms with Crippen molar-refractivity contribution in [1.82, 2.24) is 4.90 Å². The molecule has 98 valence electrons. The van der Waals surface area contributed by atoms with Crippen molar-refractivity contribution in [3.8, 4) is 5.75 Å². The summed E-state index contributed by atoms with van der Waals surface area (Å²) < 4.78 is 11.1. The van der Waals surface area contributed by atoms with Gasteiger partial charge in [-0.05, 0) is 44.0 Å². The van der Waals surface area contributed by atoms with Crippen LogP contribution in [0.25, 0.3) is 0 Å². The third-order valence-electron chi connectivity index (χ3n) is 3.80. The second-order valence-corrected chi connectivity index (χ2v) is 5.32. The first kappa shape index (κ1) is 12.0. The van der Waals surface area contributed by atoms with E-state index in [1.165, 1.54) is 25.9 Å². The van der Waals surface area contributed by atoms with Crippen molar-refractivity contribution in [2.24, 2.45) is 5.92 Å². The molecule has 1 atom stereocenters. The number of nitrogens with zero attached hydrogens (tertiary/aromatic N) is 1. The van der Waals surface area contributed by atoms with Crippen molar-refractivity contribution < 1.29 is 9.47 Å². The van der Waals surface area contributed by atoms with Gasteiger partial charge >= 0.3 is 0 Å². The number of ether oxygens (including phenoxy) is 2. The minimum absolute atomic E-state index is 0.530. The molecule has 2 aliphatic rings. The van der Waals surface area contributed by atoms with Crippen LogP contribution >= 0.6 is 0 Å². The number of piperidine rings is 1. The van der Waals surface area contributed by atoms with Crippen molar-refractivity contribution in [2.75, 3.05) is 32.8 Å². The Bertz CT molecular complexity index is 356. The van der Waals surface area contributed by atoms with Gasteiger partial charge in [-0.15, -0.1) is 0 Å². The lowest BCUT2D eigenvalue weighted by Crippen LogP contribution is -2.37. The maximum absolute atomic E-state index is 5.83. The first-order valence-corrected chi connectivity index (χ1v) is 6.92. The van der Waals surface area contributed by atoms with Gasteiger partial charge in [-0.1, -0.05) is 18.2 Å². The van der Waals surface area contributed by atoms with Crippen LogP contribution in [0.5, 0.6) is 5.75 Å². The van der Waals surface area contributed by atoms with E-state index in [4.69, 9.17) is 9.47 Å². The molecular formula is C15H21NO2. The summed E-state index contributed by atoms with van der Waals surface area (Å²) in [7, 11) is 0. The number of likely N-dealkylation sites (tertiary alicyclic amines) is 1. The normalized spacial score (nSPS) is 25.0. The zero-order chi connectivity index (χ0) is 12.2. The molecule has 18 heavy (non-hydrogen) atoms. The lowest BCUT2D eigenvalue weighted by molar-refractivity contribution is 0.134. The van der Waals surface area contributed by atoms with E-state index in [0.717, 1.165) is 25.5 Å². The minimum Gasteiger partial charge on any atom is -0.493 e. The van der Waals surface area contributed by atoms with Crippen LogP contribution in [0.4, 0.5) is 0 Å². The fraction of sp³-hybridized carbons (Fsp3) is 0.600. The van der Waals surface area contributed by atoms with Crippen molar-refractivity contribution in [3.63, 3.8) is 0 Å². The van der Waals surface area contributed by atoms with Gasteiger partial charge in [-0.25, -0.2) is 0 Å². The maximum atomic E-state index is 5.83. The number of rotatable bonds is 5. The fourth-order valence-corrected chi connectivity index (χ4v) is 2.53. The number of hydrogen-bond donors (Lipinski definition) is 0. The first-order chi connectivity index (χ1) is 8.90. The van der Waals surface area contributed by atoms with Crippen molar-refractivity contribution in [1.29, 1.82) is 0 Å². The monoisotopic (exact) mass is 247 g/mol. The van der Waals surface area contributed by atoms with Crippen LogP contribution < -0.4 is 4.74 Å². The van der Waals surface area contributed by atoms with Gasteiger partial charge < -0.3 is 14.4 Å². The van der Waals surface area contributed by atoms with Crippen LogP contribution in [0.3, 0.4) is 0 Å². The standard InChI is InChI=1S/C15H21NO2/c1-2-4-14(5-3-1)17-11-13-6-8-16(9-7-13)10-15-12-18-15/h1-5,13,15H,6-12H2. The van der Waals surface area contributed by atoms with Gasteiger partial charge in [0.05, 0.1) is 19.3 Å². The highest BCUT2D eigenvalue weighted by Crippen LogP contribution is 2.21. The van der Waals surface area contributed by atoms with Gasteiger partial charge in [0.1, 0.15) is 5.75 Å². The van der Waals surface area contributed by atoms with Crippen molar-refractivity contribution >= 4 is 0 Å². The largest absolute Gasteiger partial charge is 0.493 e. The highest BCUT2D eigenvalue weighted by Gasteiger charge is 2.28. The Morgan fingerprint density at radius 3 is 2.56 bits per heavy atom. The molecule has 0 aliphatic carbocycles. The molecule has 0 amide bonds. The van der Waals surface area contributed by atoms with E-state index in [0.29, 0.717) is 12.0 Å². The molecule has 1 aromatic carbocycles. The molecule has 0 N–H and O–H groups in total. The van der Waals surface area contributed by atoms with Gasteiger partial charge in [0, 0.05) is 6.54 Å². The Hall–Kier alpha value is -1.06. The third-order valence-corrected chi connectivity index (χ3v) is 3.80. The zero-order valence-corrected chi connectivity index (χ0v) is 10.8. The number of epoxide rings is 1. The summed E-state index contributed by atoms with van der Waals surface area (Å²) in [5, 5.41) is 0. The quantitative estimate of drug-likeness (QED) is 0.746. The van der Waals surface area contributed by atoms with Gasteiger partial charge in [0.15, 0.2) is 0 Å². The minimum atomic E-state index is 0.530. The summed E-state index contributed by atoms with van der Waals surface area (Å²) in [6.07, 6.45) is 3.03. The Balaban J connectivity index is 1.37. The number of hydrogen-bond acceptors (Lipinski definition) is 3. The van der Waals surface area contributed by atoms with Crippen LogP contribution in [-0.2, 0) is 4.74 Å². The Morgan fingerprint density at radius 2 is 1.89 bits per heavy atom. The maximum Gasteiger partial charge on any atom is 0.119 e. The molecular weight excluding hydrogens is 226 g/mol. The van der Waals surface area contributed by atoms with E-state index < -0.39 is 0 Å². The molecule has 2 heterocycles. The lowest BCUT2D eigenvalue weighted by atomic mass is 9.98. The molecule has 0 saturated carbocycles. The molecule has 1 aromatic rings. The highest BCUT2D eigenvalue weighted by molar-refractivity contribution is 5.20. The van der Waals surface area contributed by atoms with E-state index in [9.17, 15) is 0 Å². The van der Waals surface area contributed by atoms with E-state index >= 15 is 0 Å². The van der Waals surface area contributed by atoms with Gasteiger partial charge in [0.25, 0.3) is 0 Å². The summed E-state index contributed by atoms with van der Waals surface area (Å²) in [4.78, 5) is 2.52. The van der Waals surface area contributed by atoms with E-state index in [1.807, 2.05) is 30.3 Å². The lowest BCUT2D eigenvalue weighted by Gasteiger charge is -2.31. The van der Waals surface area contributed by atoms with Gasteiger partial charge in [0.2, 0.25) is 0 Å². The second kappa shape index (κ2) is 5.72. The highest BCUT2D eigenvalue weighted by atomic mass is 16.6. The van der Waals surface area contributed by atoms with Gasteiger partial charge in [-0.2, -0.15) is 0 Å². The summed E-state index contributed by atoms with van der Waals surface area (Å²) in [6.45, 7) is 5.35. The molecule has 2 fully saturated rings. The van der Waals surface area contributed by atoms with Crippen molar-refractivity contribution in [3.05, 3.63) is 30.3 Å². The molecule has 2 saturated heterocycles. The molecule has 0 bridgehead atoms. The Labute approximate surface area is 109 Å². The smallest absolute Gasteiger partial charge is 0.119 e. The SMILES string of the molecule is c1ccc(OCC2CCN(CC3CO3)CC2)cc1. The zero-order valence-electron chi connectivity index (χ0n) is 10.8. The molecule has 1 unspecified atom stereocenters. The van der Waals surface area contributed by atoms with Crippen LogP contribution in [0.1, 0.15) is 12.8 Å². The van der Waals surface area contributed by atoms with Gasteiger partial charge in [-0.3, -0.25) is 0 Å². The summed E-state index contributed by atoms with van der Waals surface area (Å²) >= 11 is 0. The summed E-state index contributed by atoms with van der Waals surface area (Å²) in [5.74, 6) is 1.70. The molecule has 2 aliphatic heterocycles. The molecule has 0 aromatic heterocycles. The molecule has 3 heteroatoms. The van der Waals surface area contributed by atoms with E-state index in [1.54, 1.807) is 0 Å². The average molecular weight is 247 g/mol. The summed E-state index contributed by atoms with van der Waals surface area (Å²) in [5.41, 5.74) is 0. The predicted octanol–water partition coefficient (Wildman–Crippen LogP) is 2.18. The molecule has 3 rings (SSSR count). The molecule has 0 radical (unpaired) electrons. The Morgan fingerprint density at radius 1 is 1.17 bits per heavy atom. The second-order valence-electron chi connectivity index (χ2n) is 5.32. The van der Waals surface area contributed by atoms with Crippen LogP contribution in [-0.4, -0.2) is 43.9 Å². The van der Waals surface area contributed by atoms with Crippen molar-refractivity contribution in [2.45, 2.75) is 18.9 Å². The van der Waals surface area contributed by atoms with E-state index in [-0.39, 0.29) is 0 Å². The first-order valence-electron chi connectivity index (χ1n) is 6.92. The predicted molar refractivity (Wildman–Crippen MR) is 70.8 cm³/mol. The fourth-order valence-electron chi connectivity index (χ4n) is 2.53. The Kier molecular flexibility index (Phi) is 3.81. The van der Waals surface area contributed by atoms with Crippen LogP contribution in [0, 0.1) is 5.92 Å². The topological polar surface area (TPSA) is 25.0 Å². The number of para-hydroxylation sites is 1. The summed E-state index contributed by atoms with van der Waals surface area (Å²) in [6, 6.07) is 10.1. The molecule has 0 spiro atoms. The molecule has 3 nitrogen and oxygen atoms in total. The van der Waals surface area contributed by atoms with Crippen LogP contribution in [0.2, 0.25) is 0 Å². The number of benzene rings is 1.